The number of sulfone groups is 1. The third-order valence-electron chi connectivity index (χ3n) is 7.65. The highest BCUT2D eigenvalue weighted by molar-refractivity contribution is 7.91. The molecule has 2 aromatic heterocycles. The summed E-state index contributed by atoms with van der Waals surface area (Å²) >= 11 is 0. The van der Waals surface area contributed by atoms with E-state index in [1.54, 1.807) is 23.6 Å². The molecular formula is C25H26N4O6S. The molecule has 5 heterocycles. The molecule has 3 N–H and O–H groups in total. The molecule has 6 rings (SSSR count). The number of cyclic esters (lactones) is 1. The number of carbonyl (C=O) groups is 1. The van der Waals surface area contributed by atoms with Gasteiger partial charge in [0.2, 0.25) is 0 Å². The summed E-state index contributed by atoms with van der Waals surface area (Å²) in [5.74, 6) is -0.546. The van der Waals surface area contributed by atoms with Crippen LogP contribution in [0.2, 0.25) is 0 Å². The third kappa shape index (κ3) is 3.37. The van der Waals surface area contributed by atoms with Crippen LogP contribution in [-0.2, 0) is 44.7 Å². The number of aromatic nitrogens is 2. The van der Waals surface area contributed by atoms with E-state index in [2.05, 4.69) is 4.90 Å². The molecule has 1 aromatic carbocycles. The summed E-state index contributed by atoms with van der Waals surface area (Å²) in [7, 11) is -3.03. The maximum Gasteiger partial charge on any atom is 0.343 e. The van der Waals surface area contributed by atoms with Gasteiger partial charge >= 0.3 is 5.97 Å². The monoisotopic (exact) mass is 510 g/mol. The second-order valence-electron chi connectivity index (χ2n) is 9.73. The highest BCUT2D eigenvalue weighted by atomic mass is 32.2. The third-order valence-corrected chi connectivity index (χ3v) is 9.26. The van der Waals surface area contributed by atoms with Gasteiger partial charge in [-0.05, 0) is 36.2 Å². The van der Waals surface area contributed by atoms with Crippen LogP contribution in [0.25, 0.3) is 22.3 Å². The molecule has 3 aliphatic rings. The molecule has 0 radical (unpaired) electrons. The first-order chi connectivity index (χ1) is 17.1. The predicted molar refractivity (Wildman–Crippen MR) is 133 cm³/mol. The van der Waals surface area contributed by atoms with Crippen molar-refractivity contribution >= 4 is 32.4 Å². The second kappa shape index (κ2) is 7.86. The van der Waals surface area contributed by atoms with Gasteiger partial charge in [0.05, 0.1) is 40.5 Å². The Bertz CT molecular complexity index is 1620. The molecule has 10 nitrogen and oxygen atoms in total. The smallest absolute Gasteiger partial charge is 0.343 e. The fourth-order valence-corrected chi connectivity index (χ4v) is 6.77. The van der Waals surface area contributed by atoms with E-state index in [4.69, 9.17) is 15.5 Å². The van der Waals surface area contributed by atoms with Crippen LogP contribution < -0.4 is 11.3 Å². The SMILES string of the molecule is CC[C@@]1(O)C(=O)OCc2c1cc1n(c2=O)Cc2c-1nc1ccc(N)cc1c2CN1CCS(=O)(=O)CC1. The molecule has 0 aliphatic carbocycles. The number of anilines is 1. The predicted octanol–water partition coefficient (Wildman–Crippen LogP) is 0.892. The van der Waals surface area contributed by atoms with Crippen molar-refractivity contribution in [2.24, 2.45) is 0 Å². The summed E-state index contributed by atoms with van der Waals surface area (Å²) in [4.78, 5) is 32.9. The number of nitrogen functional groups attached to an aromatic ring is 1. The van der Waals surface area contributed by atoms with Crippen molar-refractivity contribution in [2.45, 2.75) is 38.6 Å². The minimum atomic E-state index is -3.03. The van der Waals surface area contributed by atoms with Gasteiger partial charge in [-0.25, -0.2) is 18.2 Å². The number of nitrogens with zero attached hydrogens (tertiary/aromatic N) is 3. The van der Waals surface area contributed by atoms with Crippen molar-refractivity contribution in [1.29, 1.82) is 0 Å². The van der Waals surface area contributed by atoms with Gasteiger partial charge < -0.3 is 20.1 Å². The first-order valence-corrected chi connectivity index (χ1v) is 13.7. The molecule has 0 bridgehead atoms. The largest absolute Gasteiger partial charge is 0.458 e. The van der Waals surface area contributed by atoms with Gasteiger partial charge in [0.1, 0.15) is 6.61 Å². The fourth-order valence-electron chi connectivity index (χ4n) is 5.49. The van der Waals surface area contributed by atoms with E-state index in [-0.39, 0.29) is 47.8 Å². The van der Waals surface area contributed by atoms with E-state index in [1.807, 2.05) is 12.1 Å². The molecule has 1 atom stereocenters. The number of fused-ring (bicyclic) bond motifs is 5. The molecule has 0 amide bonds. The van der Waals surface area contributed by atoms with Gasteiger partial charge in [0.15, 0.2) is 15.4 Å². The highest BCUT2D eigenvalue weighted by Gasteiger charge is 2.45. The number of hydrogen-bond donors (Lipinski definition) is 2. The van der Waals surface area contributed by atoms with E-state index in [0.29, 0.717) is 42.2 Å². The van der Waals surface area contributed by atoms with Crippen LogP contribution in [0.15, 0.2) is 29.1 Å². The number of ether oxygens (including phenoxy) is 1. The van der Waals surface area contributed by atoms with E-state index < -0.39 is 21.4 Å². The summed E-state index contributed by atoms with van der Waals surface area (Å²) in [6, 6.07) is 7.14. The maximum absolute atomic E-state index is 13.5. The van der Waals surface area contributed by atoms with E-state index in [9.17, 15) is 23.1 Å². The number of hydrogen-bond acceptors (Lipinski definition) is 9. The number of carbonyl (C=O) groups excluding carboxylic acids is 1. The topological polar surface area (TPSA) is 145 Å². The van der Waals surface area contributed by atoms with Crippen molar-refractivity contribution in [1.82, 2.24) is 14.5 Å². The number of benzene rings is 1. The maximum atomic E-state index is 13.5. The van der Waals surface area contributed by atoms with Crippen LogP contribution >= 0.6 is 0 Å². The van der Waals surface area contributed by atoms with Crippen LogP contribution in [0.1, 0.15) is 35.6 Å². The van der Waals surface area contributed by atoms with Crippen LogP contribution in [0.3, 0.4) is 0 Å². The quantitative estimate of drug-likeness (QED) is 0.303. The van der Waals surface area contributed by atoms with Gasteiger partial charge in [-0.2, -0.15) is 0 Å². The molecule has 1 saturated heterocycles. The zero-order valence-corrected chi connectivity index (χ0v) is 20.6. The lowest BCUT2D eigenvalue weighted by molar-refractivity contribution is -0.172. The molecule has 0 saturated carbocycles. The number of rotatable bonds is 3. The Morgan fingerprint density at radius 3 is 2.64 bits per heavy atom. The molecule has 3 aromatic rings. The average molecular weight is 511 g/mol. The van der Waals surface area contributed by atoms with Gasteiger partial charge in [-0.1, -0.05) is 6.92 Å². The van der Waals surface area contributed by atoms with E-state index in [1.165, 1.54) is 0 Å². The van der Waals surface area contributed by atoms with Crippen molar-refractivity contribution in [2.75, 3.05) is 30.3 Å². The van der Waals surface area contributed by atoms with Gasteiger partial charge in [-0.15, -0.1) is 0 Å². The molecule has 1 fully saturated rings. The number of aliphatic hydroxyl groups is 1. The number of nitrogens with two attached hydrogens (primary N) is 1. The Morgan fingerprint density at radius 1 is 1.17 bits per heavy atom. The molecule has 3 aliphatic heterocycles. The second-order valence-corrected chi connectivity index (χ2v) is 12.0. The fraction of sp³-hybridized carbons (Fsp3) is 0.400. The Labute approximate surface area is 207 Å². The number of esters is 1. The van der Waals surface area contributed by atoms with Gasteiger partial charge in [0.25, 0.3) is 5.56 Å². The van der Waals surface area contributed by atoms with E-state index >= 15 is 0 Å². The standard InChI is InChI=1S/C25H26N4O6S/c1-2-25(32)19-10-21-22-17(12-29(21)23(30)18(19)13-35-24(25)31)16(11-28-5-7-36(33,34)8-6-28)15-9-14(26)3-4-20(15)27-22/h3-4,9-10,32H,2,5-8,11-13,26H2,1H3/t25-/m0/s1. The van der Waals surface area contributed by atoms with Crippen LogP contribution in [0.5, 0.6) is 0 Å². The Balaban J connectivity index is 1.54. The minimum Gasteiger partial charge on any atom is -0.458 e. The van der Waals surface area contributed by atoms with Crippen molar-refractivity contribution in [3.05, 3.63) is 56.9 Å². The summed E-state index contributed by atoms with van der Waals surface area (Å²) in [6.07, 6.45) is 0.0716. The van der Waals surface area contributed by atoms with Gasteiger partial charge in [-0.3, -0.25) is 9.69 Å². The lowest BCUT2D eigenvalue weighted by Gasteiger charge is -2.31. The zero-order valence-electron chi connectivity index (χ0n) is 19.8. The first kappa shape index (κ1) is 23.1. The van der Waals surface area contributed by atoms with Gasteiger partial charge in [0, 0.05) is 41.8 Å². The minimum absolute atomic E-state index is 0.0716. The molecule has 36 heavy (non-hydrogen) atoms. The van der Waals surface area contributed by atoms with Crippen LogP contribution in [-0.4, -0.2) is 58.5 Å². The molecule has 188 valence electrons. The summed E-state index contributed by atoms with van der Waals surface area (Å²) in [5, 5.41) is 12.0. The van der Waals surface area contributed by atoms with Crippen LogP contribution in [0, 0.1) is 0 Å². The summed E-state index contributed by atoms with van der Waals surface area (Å²) in [6.45, 7) is 3.09. The van der Waals surface area contributed by atoms with Crippen molar-refractivity contribution in [3.8, 4) is 11.4 Å². The molecule has 11 heteroatoms. The molecule has 0 unspecified atom stereocenters. The molecular weight excluding hydrogens is 484 g/mol. The first-order valence-electron chi connectivity index (χ1n) is 11.9. The Kier molecular flexibility index (Phi) is 5.05. The van der Waals surface area contributed by atoms with E-state index in [0.717, 1.165) is 16.5 Å². The van der Waals surface area contributed by atoms with Crippen LogP contribution in [0.4, 0.5) is 5.69 Å². The normalized spacial score (nSPS) is 22.7. The number of pyridine rings is 2. The summed E-state index contributed by atoms with van der Waals surface area (Å²) in [5.41, 5.74) is 8.67. The van der Waals surface area contributed by atoms with Crippen molar-refractivity contribution < 1.29 is 23.1 Å². The Morgan fingerprint density at radius 2 is 1.92 bits per heavy atom. The lowest BCUT2D eigenvalue weighted by Crippen LogP contribution is -2.44. The average Bonchev–Trinajstić information content (AvgIpc) is 3.22. The summed E-state index contributed by atoms with van der Waals surface area (Å²) < 4.78 is 30.7. The van der Waals surface area contributed by atoms with Crippen molar-refractivity contribution in [3.63, 3.8) is 0 Å². The highest BCUT2D eigenvalue weighted by Crippen LogP contribution is 2.40. The lowest BCUT2D eigenvalue weighted by atomic mass is 9.86. The molecule has 0 spiro atoms. The zero-order chi connectivity index (χ0) is 25.4. The Hall–Kier alpha value is -3.28.